The summed E-state index contributed by atoms with van der Waals surface area (Å²) < 4.78 is 11.5. The highest BCUT2D eigenvalue weighted by molar-refractivity contribution is 5.83. The van der Waals surface area contributed by atoms with Gasteiger partial charge < -0.3 is 24.8 Å². The predicted octanol–water partition coefficient (Wildman–Crippen LogP) is 2.71. The van der Waals surface area contributed by atoms with Crippen molar-refractivity contribution in [3.8, 4) is 0 Å². The monoisotopic (exact) mass is 465 g/mol. The Labute approximate surface area is 199 Å². The van der Waals surface area contributed by atoms with E-state index in [9.17, 15) is 20.1 Å². The molecule has 0 aliphatic heterocycles. The molecule has 0 aliphatic carbocycles. The van der Waals surface area contributed by atoms with Crippen LogP contribution in [0.3, 0.4) is 0 Å². The maximum Gasteiger partial charge on any atom is 0.353 e. The first-order chi connectivity index (χ1) is 16.5. The van der Waals surface area contributed by atoms with E-state index in [-0.39, 0.29) is 13.2 Å². The summed E-state index contributed by atoms with van der Waals surface area (Å²) in [6.07, 6.45) is -1.07. The first-order valence-electron chi connectivity index (χ1n) is 11.0. The number of benzene rings is 3. The molecular formula is C27H31NO6. The van der Waals surface area contributed by atoms with Crippen molar-refractivity contribution in [3.05, 3.63) is 108 Å². The standard InChI is InChI=1S/C27H31NO6/c1-33-24(20-30)28(18-19-29)27(34-2,25(31)32)26(21-12-6-3-7-13-21,22-14-8-4-9-15-22)23-16-10-5-11-17-23/h3-17,24,29-30H,18-20H2,1-2H3,(H,31,32). The number of nitrogens with zero attached hydrogens (tertiary/aromatic N) is 1. The van der Waals surface area contributed by atoms with Crippen LogP contribution in [-0.4, -0.2) is 72.1 Å². The molecule has 3 rings (SSSR count). The fourth-order valence-electron chi connectivity index (χ4n) is 4.92. The summed E-state index contributed by atoms with van der Waals surface area (Å²) in [5, 5.41) is 31.1. The molecule has 0 saturated heterocycles. The van der Waals surface area contributed by atoms with Crippen molar-refractivity contribution in [2.24, 2.45) is 0 Å². The van der Waals surface area contributed by atoms with Crippen LogP contribution < -0.4 is 0 Å². The van der Waals surface area contributed by atoms with Gasteiger partial charge in [0, 0.05) is 20.8 Å². The molecule has 3 aromatic rings. The summed E-state index contributed by atoms with van der Waals surface area (Å²) in [5.41, 5.74) is -1.59. The van der Waals surface area contributed by atoms with Gasteiger partial charge in [0.05, 0.1) is 18.6 Å². The molecule has 2 unspecified atom stereocenters. The second-order valence-electron chi connectivity index (χ2n) is 7.79. The molecule has 0 radical (unpaired) electrons. The Morgan fingerprint density at radius 1 is 0.824 bits per heavy atom. The van der Waals surface area contributed by atoms with Gasteiger partial charge in [0.25, 0.3) is 0 Å². The number of carboxylic acids is 1. The number of aliphatic hydroxyl groups excluding tert-OH is 2. The largest absolute Gasteiger partial charge is 0.478 e. The maximum atomic E-state index is 13.5. The number of methoxy groups -OCH3 is 2. The van der Waals surface area contributed by atoms with Crippen molar-refractivity contribution in [1.29, 1.82) is 0 Å². The van der Waals surface area contributed by atoms with Gasteiger partial charge in [-0.15, -0.1) is 0 Å². The maximum absolute atomic E-state index is 13.5. The Hall–Kier alpha value is -3.07. The summed E-state index contributed by atoms with van der Waals surface area (Å²) in [7, 11) is 2.70. The van der Waals surface area contributed by atoms with Crippen LogP contribution in [0.15, 0.2) is 91.0 Å². The van der Waals surface area contributed by atoms with Crippen LogP contribution in [0.25, 0.3) is 0 Å². The minimum Gasteiger partial charge on any atom is -0.478 e. The fraction of sp³-hybridized carbons (Fsp3) is 0.296. The van der Waals surface area contributed by atoms with E-state index in [1.165, 1.54) is 19.1 Å². The summed E-state index contributed by atoms with van der Waals surface area (Å²) in [6, 6.07) is 27.8. The number of carbonyl (C=O) groups is 1. The number of carboxylic acid groups (broad SMARTS) is 1. The molecule has 0 amide bonds. The van der Waals surface area contributed by atoms with E-state index in [2.05, 4.69) is 0 Å². The number of ether oxygens (including phenoxy) is 2. The lowest BCUT2D eigenvalue weighted by Gasteiger charge is -2.54. The van der Waals surface area contributed by atoms with E-state index in [1.54, 1.807) is 0 Å². The number of rotatable bonds is 12. The smallest absolute Gasteiger partial charge is 0.353 e. The quantitative estimate of drug-likeness (QED) is 0.279. The summed E-state index contributed by atoms with van der Waals surface area (Å²) in [6.45, 7) is -1.02. The average molecular weight is 466 g/mol. The third kappa shape index (κ3) is 4.13. The van der Waals surface area contributed by atoms with Crippen LogP contribution in [0.5, 0.6) is 0 Å². The van der Waals surface area contributed by atoms with Crippen molar-refractivity contribution < 1.29 is 29.6 Å². The molecule has 3 aromatic carbocycles. The number of hydrogen-bond acceptors (Lipinski definition) is 6. The molecule has 0 spiro atoms. The third-order valence-corrected chi connectivity index (χ3v) is 6.24. The zero-order chi connectivity index (χ0) is 24.6. The van der Waals surface area contributed by atoms with Crippen LogP contribution in [0.4, 0.5) is 0 Å². The second-order valence-corrected chi connectivity index (χ2v) is 7.79. The van der Waals surface area contributed by atoms with Gasteiger partial charge in [-0.2, -0.15) is 0 Å². The molecule has 0 fully saturated rings. The Morgan fingerprint density at radius 3 is 1.50 bits per heavy atom. The van der Waals surface area contributed by atoms with E-state index in [1.807, 2.05) is 91.0 Å². The normalized spacial score (nSPS) is 14.5. The molecule has 0 heterocycles. The highest BCUT2D eigenvalue weighted by atomic mass is 16.6. The first-order valence-corrected chi connectivity index (χ1v) is 11.0. The lowest BCUT2D eigenvalue weighted by atomic mass is 9.61. The van der Waals surface area contributed by atoms with Gasteiger partial charge in [0.2, 0.25) is 5.72 Å². The van der Waals surface area contributed by atoms with Gasteiger partial charge in [-0.05, 0) is 16.7 Å². The SMILES string of the molecule is COC(CO)N(CCO)C(OC)(C(=O)O)C(c1ccccc1)(c1ccccc1)c1ccccc1. The molecule has 3 N–H and O–H groups in total. The molecule has 7 nitrogen and oxygen atoms in total. The van der Waals surface area contributed by atoms with Crippen LogP contribution in [0, 0.1) is 0 Å². The van der Waals surface area contributed by atoms with E-state index in [4.69, 9.17) is 9.47 Å². The number of aliphatic carboxylic acids is 1. The van der Waals surface area contributed by atoms with Crippen molar-refractivity contribution in [3.63, 3.8) is 0 Å². The average Bonchev–Trinajstić information content (AvgIpc) is 2.89. The Kier molecular flexibility index (Phi) is 8.55. The van der Waals surface area contributed by atoms with Crippen LogP contribution in [-0.2, 0) is 19.7 Å². The van der Waals surface area contributed by atoms with Crippen molar-refractivity contribution in [2.75, 3.05) is 34.0 Å². The van der Waals surface area contributed by atoms with Crippen molar-refractivity contribution >= 4 is 5.97 Å². The minimum atomic E-state index is -2.14. The Balaban J connectivity index is 2.59. The zero-order valence-corrected chi connectivity index (χ0v) is 19.4. The fourth-order valence-corrected chi connectivity index (χ4v) is 4.92. The molecule has 0 bridgehead atoms. The van der Waals surface area contributed by atoms with Gasteiger partial charge in [0.1, 0.15) is 6.23 Å². The Morgan fingerprint density at radius 2 is 1.24 bits per heavy atom. The van der Waals surface area contributed by atoms with Crippen LogP contribution in [0.1, 0.15) is 16.7 Å². The molecule has 0 aromatic heterocycles. The Bertz CT molecular complexity index is 930. The molecule has 2 atom stereocenters. The molecule has 0 aliphatic rings. The number of hydrogen-bond donors (Lipinski definition) is 3. The molecule has 0 saturated carbocycles. The van der Waals surface area contributed by atoms with E-state index in [0.717, 1.165) is 0 Å². The molecule has 180 valence electrons. The van der Waals surface area contributed by atoms with Gasteiger partial charge in [0.15, 0.2) is 0 Å². The lowest BCUT2D eigenvalue weighted by Crippen LogP contribution is -2.72. The molecular weight excluding hydrogens is 434 g/mol. The van der Waals surface area contributed by atoms with Gasteiger partial charge >= 0.3 is 5.97 Å². The second kappa shape index (κ2) is 11.4. The van der Waals surface area contributed by atoms with Gasteiger partial charge in [-0.3, -0.25) is 0 Å². The molecule has 7 heteroatoms. The third-order valence-electron chi connectivity index (χ3n) is 6.24. The van der Waals surface area contributed by atoms with Crippen LogP contribution in [0.2, 0.25) is 0 Å². The summed E-state index contributed by atoms with van der Waals surface area (Å²) in [4.78, 5) is 14.9. The van der Waals surface area contributed by atoms with Crippen LogP contribution >= 0.6 is 0 Å². The highest BCUT2D eigenvalue weighted by Gasteiger charge is 2.65. The van der Waals surface area contributed by atoms with Crippen molar-refractivity contribution in [2.45, 2.75) is 17.4 Å². The summed E-state index contributed by atoms with van der Waals surface area (Å²) >= 11 is 0. The topological polar surface area (TPSA) is 99.5 Å². The minimum absolute atomic E-state index is 0.131. The lowest BCUT2D eigenvalue weighted by molar-refractivity contribution is -0.240. The summed E-state index contributed by atoms with van der Waals surface area (Å²) in [5.74, 6) is -1.30. The van der Waals surface area contributed by atoms with Gasteiger partial charge in [-0.25, -0.2) is 9.69 Å². The van der Waals surface area contributed by atoms with Gasteiger partial charge in [-0.1, -0.05) is 91.0 Å². The number of aliphatic hydroxyl groups is 2. The zero-order valence-electron chi connectivity index (χ0n) is 19.4. The predicted molar refractivity (Wildman–Crippen MR) is 128 cm³/mol. The van der Waals surface area contributed by atoms with E-state index in [0.29, 0.717) is 16.7 Å². The molecule has 34 heavy (non-hydrogen) atoms. The van der Waals surface area contributed by atoms with E-state index >= 15 is 0 Å². The van der Waals surface area contributed by atoms with E-state index < -0.39 is 29.9 Å². The highest BCUT2D eigenvalue weighted by Crippen LogP contribution is 2.51. The first kappa shape index (κ1) is 25.6. The van der Waals surface area contributed by atoms with Crippen molar-refractivity contribution in [1.82, 2.24) is 4.90 Å².